The van der Waals surface area contributed by atoms with Gasteiger partial charge in [-0.15, -0.1) is 0 Å². The highest BCUT2D eigenvalue weighted by Crippen LogP contribution is 2.43. The zero-order valence-corrected chi connectivity index (χ0v) is 11.5. The molecule has 1 aliphatic rings. The highest BCUT2D eigenvalue weighted by Gasteiger charge is 2.26. The standard InChI is InChI=1S/C13H16BrCl/c1-8-5-11(13(15)6-9(8)2)12(14)7-10-3-4-10/h5-6,10,12H,3-4,7H2,1-2H3. The Labute approximate surface area is 105 Å². The Morgan fingerprint density at radius 3 is 2.53 bits per heavy atom. The molecule has 1 aromatic carbocycles. The lowest BCUT2D eigenvalue weighted by molar-refractivity contribution is 0.721. The molecule has 1 fully saturated rings. The third-order valence-electron chi connectivity index (χ3n) is 3.19. The lowest BCUT2D eigenvalue weighted by atomic mass is 10.0. The minimum atomic E-state index is 0.428. The fourth-order valence-corrected chi connectivity index (χ4v) is 3.21. The molecule has 0 heterocycles. The van der Waals surface area contributed by atoms with Gasteiger partial charge in [-0.1, -0.05) is 46.4 Å². The molecule has 82 valence electrons. The predicted octanol–water partition coefficient (Wildman–Crippen LogP) is 5.19. The summed E-state index contributed by atoms with van der Waals surface area (Å²) in [5, 5.41) is 0.903. The average Bonchev–Trinajstić information content (AvgIpc) is 2.95. The molecule has 0 saturated heterocycles. The molecule has 0 bridgehead atoms. The molecule has 1 aromatic rings. The van der Waals surface area contributed by atoms with Crippen LogP contribution in [-0.4, -0.2) is 0 Å². The monoisotopic (exact) mass is 286 g/mol. The van der Waals surface area contributed by atoms with E-state index in [1.54, 1.807) is 0 Å². The Morgan fingerprint density at radius 2 is 1.93 bits per heavy atom. The molecule has 15 heavy (non-hydrogen) atoms. The van der Waals surface area contributed by atoms with Crippen LogP contribution < -0.4 is 0 Å². The van der Waals surface area contributed by atoms with Gasteiger partial charge in [0.25, 0.3) is 0 Å². The number of benzene rings is 1. The summed E-state index contributed by atoms with van der Waals surface area (Å²) >= 11 is 10.0. The highest BCUT2D eigenvalue weighted by molar-refractivity contribution is 9.09. The topological polar surface area (TPSA) is 0 Å². The second-order valence-corrected chi connectivity index (χ2v) is 6.12. The maximum atomic E-state index is 6.27. The van der Waals surface area contributed by atoms with E-state index in [0.717, 1.165) is 10.9 Å². The maximum absolute atomic E-state index is 6.27. The normalized spacial score (nSPS) is 17.9. The summed E-state index contributed by atoms with van der Waals surface area (Å²) in [6, 6.07) is 4.30. The van der Waals surface area contributed by atoms with Crippen LogP contribution in [0.15, 0.2) is 12.1 Å². The van der Waals surface area contributed by atoms with Crippen molar-refractivity contribution in [1.29, 1.82) is 0 Å². The van der Waals surface area contributed by atoms with Crippen LogP contribution in [-0.2, 0) is 0 Å². The first-order valence-electron chi connectivity index (χ1n) is 5.48. The van der Waals surface area contributed by atoms with Crippen LogP contribution in [0.3, 0.4) is 0 Å². The van der Waals surface area contributed by atoms with Crippen molar-refractivity contribution in [2.75, 3.05) is 0 Å². The summed E-state index contributed by atoms with van der Waals surface area (Å²) in [6.45, 7) is 4.25. The molecule has 1 unspecified atom stereocenters. The van der Waals surface area contributed by atoms with E-state index in [1.165, 1.54) is 36.0 Å². The first-order chi connectivity index (χ1) is 7.08. The van der Waals surface area contributed by atoms with Gasteiger partial charge in [0.1, 0.15) is 0 Å². The molecule has 0 spiro atoms. The van der Waals surface area contributed by atoms with Gasteiger partial charge >= 0.3 is 0 Å². The Morgan fingerprint density at radius 1 is 1.33 bits per heavy atom. The van der Waals surface area contributed by atoms with E-state index >= 15 is 0 Å². The second kappa shape index (κ2) is 4.47. The first-order valence-corrected chi connectivity index (χ1v) is 6.78. The number of aryl methyl sites for hydroxylation is 2. The van der Waals surface area contributed by atoms with Crippen molar-refractivity contribution in [3.63, 3.8) is 0 Å². The van der Waals surface area contributed by atoms with E-state index in [0.29, 0.717) is 4.83 Å². The summed E-state index contributed by atoms with van der Waals surface area (Å²) < 4.78 is 0. The van der Waals surface area contributed by atoms with Crippen molar-refractivity contribution in [3.05, 3.63) is 33.8 Å². The largest absolute Gasteiger partial charge is 0.0840 e. The molecule has 1 atom stereocenters. The molecule has 0 N–H and O–H groups in total. The Balaban J connectivity index is 2.21. The van der Waals surface area contributed by atoms with Crippen LogP contribution in [0, 0.1) is 19.8 Å². The number of hydrogen-bond acceptors (Lipinski definition) is 0. The second-order valence-electron chi connectivity index (χ2n) is 4.60. The molecule has 0 aromatic heterocycles. The summed E-state index contributed by atoms with van der Waals surface area (Å²) in [4.78, 5) is 0.428. The zero-order valence-electron chi connectivity index (χ0n) is 9.19. The van der Waals surface area contributed by atoms with Crippen LogP contribution in [0.5, 0.6) is 0 Å². The van der Waals surface area contributed by atoms with Crippen molar-refractivity contribution in [3.8, 4) is 0 Å². The molecule has 2 heteroatoms. The highest BCUT2D eigenvalue weighted by atomic mass is 79.9. The number of alkyl halides is 1. The lowest BCUT2D eigenvalue weighted by Crippen LogP contribution is -1.95. The number of hydrogen-bond donors (Lipinski definition) is 0. The van der Waals surface area contributed by atoms with E-state index in [-0.39, 0.29) is 0 Å². The third kappa shape index (κ3) is 2.76. The van der Waals surface area contributed by atoms with Gasteiger partial charge in [-0.05, 0) is 48.9 Å². The van der Waals surface area contributed by atoms with Crippen molar-refractivity contribution in [2.45, 2.75) is 37.9 Å². The molecule has 1 aliphatic carbocycles. The SMILES string of the molecule is Cc1cc(Cl)c(C(Br)CC2CC2)cc1C. The van der Waals surface area contributed by atoms with Crippen molar-refractivity contribution >= 4 is 27.5 Å². The van der Waals surface area contributed by atoms with Gasteiger partial charge in [0.15, 0.2) is 0 Å². The van der Waals surface area contributed by atoms with Crippen LogP contribution in [0.2, 0.25) is 5.02 Å². The van der Waals surface area contributed by atoms with Gasteiger partial charge in [0, 0.05) is 9.85 Å². The number of rotatable bonds is 3. The first kappa shape index (κ1) is 11.5. The van der Waals surface area contributed by atoms with Crippen molar-refractivity contribution in [1.82, 2.24) is 0 Å². The lowest BCUT2D eigenvalue weighted by Gasteiger charge is -2.13. The molecular formula is C13H16BrCl. The Bertz CT molecular complexity index is 369. The summed E-state index contributed by atoms with van der Waals surface area (Å²) in [7, 11) is 0. The summed E-state index contributed by atoms with van der Waals surface area (Å²) in [5.41, 5.74) is 3.86. The smallest absolute Gasteiger partial charge is 0.0452 e. The van der Waals surface area contributed by atoms with E-state index in [9.17, 15) is 0 Å². The van der Waals surface area contributed by atoms with Gasteiger partial charge in [-0.3, -0.25) is 0 Å². The molecule has 2 rings (SSSR count). The van der Waals surface area contributed by atoms with E-state index < -0.39 is 0 Å². The van der Waals surface area contributed by atoms with Crippen molar-refractivity contribution in [2.24, 2.45) is 5.92 Å². The molecule has 0 amide bonds. The summed E-state index contributed by atoms with van der Waals surface area (Å²) in [5.74, 6) is 0.923. The van der Waals surface area contributed by atoms with E-state index in [1.807, 2.05) is 0 Å². The van der Waals surface area contributed by atoms with Crippen LogP contribution >= 0.6 is 27.5 Å². The fourth-order valence-electron chi connectivity index (χ4n) is 1.82. The molecule has 0 radical (unpaired) electrons. The minimum absolute atomic E-state index is 0.428. The van der Waals surface area contributed by atoms with Gasteiger partial charge in [-0.2, -0.15) is 0 Å². The van der Waals surface area contributed by atoms with Gasteiger partial charge in [0.2, 0.25) is 0 Å². The molecular weight excluding hydrogens is 272 g/mol. The molecule has 1 saturated carbocycles. The van der Waals surface area contributed by atoms with E-state index in [2.05, 4.69) is 41.9 Å². The quantitative estimate of drug-likeness (QED) is 0.671. The minimum Gasteiger partial charge on any atom is -0.0840 e. The van der Waals surface area contributed by atoms with Crippen molar-refractivity contribution < 1.29 is 0 Å². The van der Waals surface area contributed by atoms with Gasteiger partial charge < -0.3 is 0 Å². The number of halogens is 2. The zero-order chi connectivity index (χ0) is 11.0. The average molecular weight is 288 g/mol. The fraction of sp³-hybridized carbons (Fsp3) is 0.538. The van der Waals surface area contributed by atoms with Crippen LogP contribution in [0.1, 0.15) is 40.8 Å². The van der Waals surface area contributed by atoms with E-state index in [4.69, 9.17) is 11.6 Å². The van der Waals surface area contributed by atoms with Gasteiger partial charge in [-0.25, -0.2) is 0 Å². The Hall–Kier alpha value is -0.0100. The molecule has 0 nitrogen and oxygen atoms in total. The maximum Gasteiger partial charge on any atom is 0.0452 e. The van der Waals surface area contributed by atoms with Gasteiger partial charge in [0.05, 0.1) is 0 Å². The molecule has 0 aliphatic heterocycles. The predicted molar refractivity (Wildman–Crippen MR) is 69.9 cm³/mol. The van der Waals surface area contributed by atoms with Crippen LogP contribution in [0.25, 0.3) is 0 Å². The summed E-state index contributed by atoms with van der Waals surface area (Å²) in [6.07, 6.45) is 4.01. The third-order valence-corrected chi connectivity index (χ3v) is 4.38. The Kier molecular flexibility index (Phi) is 3.42. The van der Waals surface area contributed by atoms with Crippen LogP contribution in [0.4, 0.5) is 0 Å².